The number of aromatic nitrogens is 1. The number of hydrogen-bond acceptors (Lipinski definition) is 4. The molecule has 1 atom stereocenters. The first-order valence-corrected chi connectivity index (χ1v) is 11.4. The molecule has 0 saturated heterocycles. The van der Waals surface area contributed by atoms with Gasteiger partial charge in [0.05, 0.1) is 4.90 Å². The molecule has 4 aromatic rings. The van der Waals surface area contributed by atoms with Gasteiger partial charge in [-0.25, -0.2) is 8.42 Å². The van der Waals surface area contributed by atoms with Gasteiger partial charge in [-0.3, -0.25) is 4.79 Å². The SMILES string of the molecule is Cc1ccc(C)n1-c1ccc2c(c1)oc1cc(S(=O)(=O)NC(C(=O)O)C(C)C)ccc12. The Morgan fingerprint density at radius 3 is 2.13 bits per heavy atom. The third kappa shape index (κ3) is 3.73. The maximum absolute atomic E-state index is 12.8. The van der Waals surface area contributed by atoms with E-state index < -0.39 is 28.0 Å². The Labute approximate surface area is 180 Å². The number of hydrogen-bond donors (Lipinski definition) is 2. The van der Waals surface area contributed by atoms with E-state index in [1.165, 1.54) is 12.1 Å². The van der Waals surface area contributed by atoms with Crippen molar-refractivity contribution in [3.8, 4) is 5.69 Å². The number of carboxylic acid groups (broad SMARTS) is 1. The summed E-state index contributed by atoms with van der Waals surface area (Å²) in [5.41, 5.74) is 4.24. The molecule has 0 amide bonds. The van der Waals surface area contributed by atoms with Crippen LogP contribution in [0.4, 0.5) is 0 Å². The van der Waals surface area contributed by atoms with Gasteiger partial charge in [-0.2, -0.15) is 4.72 Å². The minimum Gasteiger partial charge on any atom is -0.480 e. The molecule has 0 aliphatic rings. The molecule has 0 aliphatic heterocycles. The lowest BCUT2D eigenvalue weighted by Gasteiger charge is -2.17. The molecule has 2 aromatic heterocycles. The molecule has 0 saturated carbocycles. The largest absolute Gasteiger partial charge is 0.480 e. The van der Waals surface area contributed by atoms with Crippen LogP contribution in [-0.2, 0) is 14.8 Å². The van der Waals surface area contributed by atoms with Gasteiger partial charge in [0, 0.05) is 40.0 Å². The van der Waals surface area contributed by atoms with Crippen LogP contribution >= 0.6 is 0 Å². The Balaban J connectivity index is 1.77. The zero-order valence-corrected chi connectivity index (χ0v) is 18.5. The molecular weight excluding hydrogens is 416 g/mol. The van der Waals surface area contributed by atoms with E-state index in [0.717, 1.165) is 27.8 Å². The number of sulfonamides is 1. The molecule has 0 bridgehead atoms. The summed E-state index contributed by atoms with van der Waals surface area (Å²) in [5, 5.41) is 11.0. The molecule has 1 unspecified atom stereocenters. The first kappa shape index (κ1) is 21.1. The van der Waals surface area contributed by atoms with Crippen molar-refractivity contribution in [1.82, 2.24) is 9.29 Å². The lowest BCUT2D eigenvalue weighted by Crippen LogP contribution is -2.44. The molecule has 0 spiro atoms. The zero-order chi connectivity index (χ0) is 22.5. The van der Waals surface area contributed by atoms with Crippen LogP contribution in [-0.4, -0.2) is 30.1 Å². The normalized spacial score (nSPS) is 13.3. The van der Waals surface area contributed by atoms with Crippen LogP contribution < -0.4 is 4.72 Å². The summed E-state index contributed by atoms with van der Waals surface area (Å²) in [4.78, 5) is 11.4. The number of nitrogens with one attached hydrogen (secondary N) is 1. The van der Waals surface area contributed by atoms with Crippen molar-refractivity contribution in [3.63, 3.8) is 0 Å². The fourth-order valence-corrected chi connectivity index (χ4v) is 5.19. The number of carboxylic acids is 1. The number of nitrogens with zero attached hydrogens (tertiary/aromatic N) is 1. The summed E-state index contributed by atoms with van der Waals surface area (Å²) >= 11 is 0. The van der Waals surface area contributed by atoms with Gasteiger partial charge < -0.3 is 14.1 Å². The number of aryl methyl sites for hydroxylation is 2. The molecule has 2 N–H and O–H groups in total. The van der Waals surface area contributed by atoms with Crippen molar-refractivity contribution in [1.29, 1.82) is 0 Å². The van der Waals surface area contributed by atoms with E-state index in [0.29, 0.717) is 11.2 Å². The van der Waals surface area contributed by atoms with Gasteiger partial charge in [0.15, 0.2) is 0 Å². The van der Waals surface area contributed by atoms with Crippen molar-refractivity contribution in [2.45, 2.75) is 38.6 Å². The van der Waals surface area contributed by atoms with Crippen LogP contribution in [0.15, 0.2) is 57.8 Å². The van der Waals surface area contributed by atoms with Crippen molar-refractivity contribution >= 4 is 37.9 Å². The topological polar surface area (TPSA) is 102 Å². The number of furan rings is 1. The van der Waals surface area contributed by atoms with Crippen LogP contribution in [0.25, 0.3) is 27.6 Å². The van der Waals surface area contributed by atoms with Crippen molar-refractivity contribution in [2.24, 2.45) is 5.92 Å². The highest BCUT2D eigenvalue weighted by Gasteiger charge is 2.28. The monoisotopic (exact) mass is 440 g/mol. The molecule has 4 rings (SSSR count). The number of fused-ring (bicyclic) bond motifs is 3. The standard InChI is InChI=1S/C23H24N2O5S/c1-13(2)22(23(26)27)24-31(28,29)17-8-10-19-18-9-7-16(11-20(18)30-21(19)12-17)25-14(3)5-6-15(25)4/h5-13,22,24H,1-4H3,(H,26,27). The highest BCUT2D eigenvalue weighted by Crippen LogP contribution is 2.32. The maximum atomic E-state index is 12.8. The first-order valence-electron chi connectivity index (χ1n) is 9.95. The Morgan fingerprint density at radius 1 is 0.968 bits per heavy atom. The molecule has 8 heteroatoms. The van der Waals surface area contributed by atoms with Gasteiger partial charge in [-0.15, -0.1) is 0 Å². The molecule has 0 aliphatic carbocycles. The first-order chi connectivity index (χ1) is 14.6. The summed E-state index contributed by atoms with van der Waals surface area (Å²) in [6.45, 7) is 7.36. The molecule has 31 heavy (non-hydrogen) atoms. The second kappa shape index (κ2) is 7.55. The van der Waals surface area contributed by atoms with Crippen LogP contribution in [0.5, 0.6) is 0 Å². The zero-order valence-electron chi connectivity index (χ0n) is 17.7. The van der Waals surface area contributed by atoms with Gasteiger partial charge in [0.1, 0.15) is 17.2 Å². The molecule has 162 valence electrons. The quantitative estimate of drug-likeness (QED) is 0.463. The second-order valence-corrected chi connectivity index (χ2v) is 9.79. The average molecular weight is 441 g/mol. The second-order valence-electron chi connectivity index (χ2n) is 8.07. The lowest BCUT2D eigenvalue weighted by atomic mass is 10.1. The molecule has 2 heterocycles. The summed E-state index contributed by atoms with van der Waals surface area (Å²) in [5.74, 6) is -1.62. The Hall–Kier alpha value is -3.10. The van der Waals surface area contributed by atoms with E-state index >= 15 is 0 Å². The summed E-state index contributed by atoms with van der Waals surface area (Å²) in [6, 6.07) is 13.4. The third-order valence-electron chi connectivity index (χ3n) is 5.48. The van der Waals surface area contributed by atoms with E-state index in [4.69, 9.17) is 4.42 Å². The molecule has 0 radical (unpaired) electrons. The van der Waals surface area contributed by atoms with Crippen LogP contribution in [0.3, 0.4) is 0 Å². The van der Waals surface area contributed by atoms with Gasteiger partial charge >= 0.3 is 5.97 Å². The van der Waals surface area contributed by atoms with Gasteiger partial charge in [0.25, 0.3) is 0 Å². The molecule has 0 fully saturated rings. The van der Waals surface area contributed by atoms with Gasteiger partial charge in [-0.1, -0.05) is 13.8 Å². The van der Waals surface area contributed by atoms with Gasteiger partial charge in [-0.05, 0) is 56.2 Å². The smallest absolute Gasteiger partial charge is 0.322 e. The summed E-state index contributed by atoms with van der Waals surface area (Å²) < 4.78 is 35.9. The minimum atomic E-state index is -4.03. The summed E-state index contributed by atoms with van der Waals surface area (Å²) in [7, 11) is -4.03. The predicted molar refractivity (Wildman–Crippen MR) is 119 cm³/mol. The van der Waals surface area contributed by atoms with Crippen LogP contribution in [0.2, 0.25) is 0 Å². The molecule has 7 nitrogen and oxygen atoms in total. The number of aliphatic carboxylic acids is 1. The van der Waals surface area contributed by atoms with E-state index in [-0.39, 0.29) is 4.90 Å². The van der Waals surface area contributed by atoms with Crippen LogP contribution in [0, 0.1) is 19.8 Å². The molecular formula is C23H24N2O5S. The van der Waals surface area contributed by atoms with E-state index in [9.17, 15) is 18.3 Å². The number of rotatable bonds is 6. The van der Waals surface area contributed by atoms with E-state index in [1.54, 1.807) is 19.9 Å². The van der Waals surface area contributed by atoms with Crippen LogP contribution in [0.1, 0.15) is 25.2 Å². The van der Waals surface area contributed by atoms with Crippen molar-refractivity contribution in [2.75, 3.05) is 0 Å². The minimum absolute atomic E-state index is 0.0386. The summed E-state index contributed by atoms with van der Waals surface area (Å²) in [6.07, 6.45) is 0. The predicted octanol–water partition coefficient (Wildman–Crippen LogP) is 4.38. The number of carbonyl (C=O) groups is 1. The maximum Gasteiger partial charge on any atom is 0.322 e. The lowest BCUT2D eigenvalue weighted by molar-refractivity contribution is -0.140. The number of benzene rings is 2. The van der Waals surface area contributed by atoms with Crippen molar-refractivity contribution in [3.05, 3.63) is 59.9 Å². The average Bonchev–Trinajstić information content (AvgIpc) is 3.23. The fourth-order valence-electron chi connectivity index (χ4n) is 3.83. The fraction of sp³-hybridized carbons (Fsp3) is 0.261. The highest BCUT2D eigenvalue weighted by molar-refractivity contribution is 7.89. The van der Waals surface area contributed by atoms with Crippen molar-refractivity contribution < 1.29 is 22.7 Å². The Morgan fingerprint density at radius 2 is 1.55 bits per heavy atom. The molecule has 2 aromatic carbocycles. The van der Waals surface area contributed by atoms with E-state index in [1.807, 2.05) is 44.2 Å². The Bertz CT molecular complexity index is 1390. The Kier molecular flexibility index (Phi) is 5.15. The highest BCUT2D eigenvalue weighted by atomic mass is 32.2. The van der Waals surface area contributed by atoms with Gasteiger partial charge in [0.2, 0.25) is 10.0 Å². The van der Waals surface area contributed by atoms with E-state index in [2.05, 4.69) is 9.29 Å². The third-order valence-corrected chi connectivity index (χ3v) is 6.92.